The number of aliphatic hydroxyl groups excluding tert-OH is 1. The fraction of sp³-hybridized carbons (Fsp3) is 0.357. The number of imidazole rings is 1. The Balaban J connectivity index is 2.35. The normalized spacial score (nSPS) is 12.7. The molecule has 0 fully saturated rings. The van der Waals surface area contributed by atoms with Crippen LogP contribution in [0.4, 0.5) is 0 Å². The highest BCUT2D eigenvalue weighted by molar-refractivity contribution is 9.10. The van der Waals surface area contributed by atoms with E-state index in [0.717, 1.165) is 28.6 Å². The zero-order chi connectivity index (χ0) is 13.1. The Kier molecular flexibility index (Phi) is 4.19. The zero-order valence-corrected chi connectivity index (χ0v) is 12.2. The molecule has 1 aromatic heterocycles. The van der Waals surface area contributed by atoms with Crippen molar-refractivity contribution in [3.63, 3.8) is 0 Å². The maximum atomic E-state index is 10.5. The lowest BCUT2D eigenvalue weighted by Crippen LogP contribution is -2.10. The van der Waals surface area contributed by atoms with E-state index in [4.69, 9.17) is 0 Å². The van der Waals surface area contributed by atoms with Crippen LogP contribution in [0.2, 0.25) is 0 Å². The first-order chi connectivity index (χ1) is 8.63. The van der Waals surface area contributed by atoms with Crippen molar-refractivity contribution in [2.45, 2.75) is 32.9 Å². The Hall–Kier alpha value is -1.13. The van der Waals surface area contributed by atoms with Crippen LogP contribution in [0.5, 0.6) is 0 Å². The molecule has 0 amide bonds. The Labute approximate surface area is 116 Å². The highest BCUT2D eigenvalue weighted by Gasteiger charge is 2.17. The number of nitrogens with zero attached hydrogens (tertiary/aromatic N) is 2. The standard InChI is InChI=1S/C14H17BrN2O/c1-3-7-17-8-6-16-14(17)13(18)12-5-4-11(15)9-10(12)2/h4-6,8-9,13,18H,3,7H2,1-2H3. The Morgan fingerprint density at radius 3 is 2.89 bits per heavy atom. The molecule has 1 heterocycles. The first-order valence-corrected chi connectivity index (χ1v) is 6.88. The van der Waals surface area contributed by atoms with Gasteiger partial charge in [-0.2, -0.15) is 0 Å². The summed E-state index contributed by atoms with van der Waals surface area (Å²) in [7, 11) is 0. The van der Waals surface area contributed by atoms with Gasteiger partial charge in [-0.3, -0.25) is 0 Å². The maximum absolute atomic E-state index is 10.5. The second-order valence-corrected chi connectivity index (χ2v) is 5.30. The first-order valence-electron chi connectivity index (χ1n) is 6.08. The Morgan fingerprint density at radius 1 is 1.44 bits per heavy atom. The summed E-state index contributed by atoms with van der Waals surface area (Å²) >= 11 is 3.43. The van der Waals surface area contributed by atoms with Crippen LogP contribution in [-0.4, -0.2) is 14.7 Å². The number of aromatic nitrogens is 2. The minimum atomic E-state index is -0.667. The molecule has 2 rings (SSSR count). The Bertz CT molecular complexity index is 536. The molecule has 0 spiro atoms. The summed E-state index contributed by atoms with van der Waals surface area (Å²) < 4.78 is 3.03. The summed E-state index contributed by atoms with van der Waals surface area (Å²) in [6.07, 6.45) is 4.01. The summed E-state index contributed by atoms with van der Waals surface area (Å²) in [5, 5.41) is 10.5. The lowest BCUT2D eigenvalue weighted by molar-refractivity contribution is 0.203. The summed E-state index contributed by atoms with van der Waals surface area (Å²) in [5.74, 6) is 0.710. The molecular formula is C14H17BrN2O. The maximum Gasteiger partial charge on any atom is 0.142 e. The molecule has 2 aromatic rings. The van der Waals surface area contributed by atoms with Crippen LogP contribution in [0, 0.1) is 6.92 Å². The SMILES string of the molecule is CCCn1ccnc1C(O)c1ccc(Br)cc1C. The minimum Gasteiger partial charge on any atom is -0.380 e. The van der Waals surface area contributed by atoms with E-state index in [-0.39, 0.29) is 0 Å². The van der Waals surface area contributed by atoms with Crippen LogP contribution in [0.1, 0.15) is 36.4 Å². The minimum absolute atomic E-state index is 0.667. The van der Waals surface area contributed by atoms with E-state index < -0.39 is 6.10 Å². The summed E-state index contributed by atoms with van der Waals surface area (Å²) in [6.45, 7) is 4.99. The average molecular weight is 309 g/mol. The van der Waals surface area contributed by atoms with E-state index in [1.54, 1.807) is 6.20 Å². The van der Waals surface area contributed by atoms with Crippen molar-refractivity contribution in [1.29, 1.82) is 0 Å². The molecular weight excluding hydrogens is 292 g/mol. The molecule has 0 aliphatic heterocycles. The topological polar surface area (TPSA) is 38.0 Å². The third-order valence-corrected chi connectivity index (χ3v) is 3.48. The Morgan fingerprint density at radius 2 is 2.22 bits per heavy atom. The van der Waals surface area contributed by atoms with E-state index in [9.17, 15) is 5.11 Å². The number of aliphatic hydroxyl groups is 1. The molecule has 0 radical (unpaired) electrons. The molecule has 0 bridgehead atoms. The van der Waals surface area contributed by atoms with Gasteiger partial charge in [-0.1, -0.05) is 28.9 Å². The van der Waals surface area contributed by atoms with Gasteiger partial charge in [0, 0.05) is 23.4 Å². The van der Waals surface area contributed by atoms with Gasteiger partial charge in [0.15, 0.2) is 0 Å². The molecule has 1 aromatic carbocycles. The van der Waals surface area contributed by atoms with Crippen molar-refractivity contribution < 1.29 is 5.11 Å². The van der Waals surface area contributed by atoms with Crippen molar-refractivity contribution in [1.82, 2.24) is 9.55 Å². The van der Waals surface area contributed by atoms with Gasteiger partial charge in [0.05, 0.1) is 0 Å². The fourth-order valence-corrected chi connectivity index (χ4v) is 2.56. The molecule has 96 valence electrons. The lowest BCUT2D eigenvalue weighted by Gasteiger charge is -2.15. The van der Waals surface area contributed by atoms with Crippen LogP contribution in [0.15, 0.2) is 35.1 Å². The molecule has 4 heteroatoms. The van der Waals surface area contributed by atoms with Crippen LogP contribution in [0.3, 0.4) is 0 Å². The predicted octanol–water partition coefficient (Wildman–Crippen LogP) is 3.45. The molecule has 1 atom stereocenters. The molecule has 0 saturated heterocycles. The highest BCUT2D eigenvalue weighted by atomic mass is 79.9. The van der Waals surface area contributed by atoms with Crippen LogP contribution < -0.4 is 0 Å². The fourth-order valence-electron chi connectivity index (χ4n) is 2.08. The second kappa shape index (κ2) is 5.67. The number of benzene rings is 1. The molecule has 18 heavy (non-hydrogen) atoms. The molecule has 3 nitrogen and oxygen atoms in total. The van der Waals surface area contributed by atoms with Crippen molar-refractivity contribution in [3.05, 3.63) is 52.0 Å². The van der Waals surface area contributed by atoms with Gasteiger partial charge in [0.2, 0.25) is 0 Å². The van der Waals surface area contributed by atoms with Crippen molar-refractivity contribution in [3.8, 4) is 0 Å². The van der Waals surface area contributed by atoms with Crippen molar-refractivity contribution >= 4 is 15.9 Å². The predicted molar refractivity (Wildman–Crippen MR) is 75.5 cm³/mol. The third kappa shape index (κ3) is 2.65. The van der Waals surface area contributed by atoms with Gasteiger partial charge in [0.25, 0.3) is 0 Å². The number of rotatable bonds is 4. The van der Waals surface area contributed by atoms with Gasteiger partial charge >= 0.3 is 0 Å². The third-order valence-electron chi connectivity index (χ3n) is 2.98. The highest BCUT2D eigenvalue weighted by Crippen LogP contribution is 2.26. The summed E-state index contributed by atoms with van der Waals surface area (Å²) in [6, 6.07) is 5.89. The molecule has 0 aliphatic carbocycles. The van der Waals surface area contributed by atoms with Crippen molar-refractivity contribution in [2.24, 2.45) is 0 Å². The largest absolute Gasteiger partial charge is 0.380 e. The molecule has 1 unspecified atom stereocenters. The first kappa shape index (κ1) is 13.3. The van der Waals surface area contributed by atoms with Gasteiger partial charge in [-0.15, -0.1) is 0 Å². The number of hydrogen-bond donors (Lipinski definition) is 1. The molecule has 0 aliphatic rings. The number of hydrogen-bond acceptors (Lipinski definition) is 2. The smallest absolute Gasteiger partial charge is 0.142 e. The van der Waals surface area contributed by atoms with E-state index in [1.165, 1.54) is 0 Å². The van der Waals surface area contributed by atoms with E-state index in [2.05, 4.69) is 27.8 Å². The van der Waals surface area contributed by atoms with Gasteiger partial charge in [-0.05, 0) is 36.6 Å². The quantitative estimate of drug-likeness (QED) is 0.939. The van der Waals surface area contributed by atoms with Gasteiger partial charge in [-0.25, -0.2) is 4.98 Å². The second-order valence-electron chi connectivity index (χ2n) is 4.38. The summed E-state index contributed by atoms with van der Waals surface area (Å²) in [4.78, 5) is 4.28. The van der Waals surface area contributed by atoms with Crippen LogP contribution in [-0.2, 0) is 6.54 Å². The average Bonchev–Trinajstić information content (AvgIpc) is 2.77. The van der Waals surface area contributed by atoms with E-state index in [1.807, 2.05) is 35.9 Å². The van der Waals surface area contributed by atoms with E-state index in [0.29, 0.717) is 5.82 Å². The zero-order valence-electron chi connectivity index (χ0n) is 10.6. The number of halogens is 1. The van der Waals surface area contributed by atoms with Gasteiger partial charge < -0.3 is 9.67 Å². The molecule has 1 N–H and O–H groups in total. The van der Waals surface area contributed by atoms with Crippen molar-refractivity contribution in [2.75, 3.05) is 0 Å². The van der Waals surface area contributed by atoms with Crippen LogP contribution in [0.25, 0.3) is 0 Å². The summed E-state index contributed by atoms with van der Waals surface area (Å²) in [5.41, 5.74) is 1.96. The van der Waals surface area contributed by atoms with Gasteiger partial charge in [0.1, 0.15) is 11.9 Å². The monoisotopic (exact) mass is 308 g/mol. The lowest BCUT2D eigenvalue weighted by atomic mass is 10.0. The van der Waals surface area contributed by atoms with E-state index >= 15 is 0 Å². The van der Waals surface area contributed by atoms with Crippen LogP contribution >= 0.6 is 15.9 Å². The number of aryl methyl sites for hydroxylation is 2. The molecule has 0 saturated carbocycles.